The van der Waals surface area contributed by atoms with Crippen LogP contribution in [0.25, 0.3) is 11.0 Å². The first kappa shape index (κ1) is 11.0. The Morgan fingerprint density at radius 1 is 1.41 bits per heavy atom. The van der Waals surface area contributed by atoms with Crippen molar-refractivity contribution in [1.29, 1.82) is 0 Å². The molecule has 0 radical (unpaired) electrons. The summed E-state index contributed by atoms with van der Waals surface area (Å²) < 4.78 is 26.5. The van der Waals surface area contributed by atoms with Gasteiger partial charge in [-0.3, -0.25) is 0 Å². The quantitative estimate of drug-likeness (QED) is 0.842. The Morgan fingerprint density at radius 3 is 2.94 bits per heavy atom. The van der Waals surface area contributed by atoms with Gasteiger partial charge in [0.2, 0.25) is 0 Å². The highest BCUT2D eigenvalue weighted by molar-refractivity contribution is 8.00. The van der Waals surface area contributed by atoms with Crippen LogP contribution in [0.2, 0.25) is 0 Å². The van der Waals surface area contributed by atoms with E-state index in [1.807, 2.05) is 11.8 Å². The molecule has 1 fully saturated rings. The molecule has 1 aliphatic heterocycles. The zero-order valence-corrected chi connectivity index (χ0v) is 10.2. The molecule has 2 nitrogen and oxygen atoms in total. The van der Waals surface area contributed by atoms with Gasteiger partial charge in [0, 0.05) is 6.07 Å². The SMILES string of the molecule is CC1(c2nc3c(F)cc(F)cc3[nH]2)CCCS1. The molecule has 3 rings (SSSR count). The Bertz CT molecular complexity index is 573. The second kappa shape index (κ2) is 3.70. The molecule has 1 aliphatic rings. The molecule has 1 unspecified atom stereocenters. The number of benzene rings is 1. The molecule has 5 heteroatoms. The number of hydrogen-bond acceptors (Lipinski definition) is 2. The fourth-order valence-electron chi connectivity index (χ4n) is 2.26. The summed E-state index contributed by atoms with van der Waals surface area (Å²) >= 11 is 1.81. The van der Waals surface area contributed by atoms with E-state index in [0.29, 0.717) is 5.52 Å². The van der Waals surface area contributed by atoms with Gasteiger partial charge in [0.1, 0.15) is 17.2 Å². The number of halogens is 2. The predicted molar refractivity (Wildman–Crippen MR) is 65.1 cm³/mol. The van der Waals surface area contributed by atoms with Crippen molar-refractivity contribution in [3.63, 3.8) is 0 Å². The Labute approximate surface area is 102 Å². The Morgan fingerprint density at radius 2 is 2.24 bits per heavy atom. The van der Waals surface area contributed by atoms with Crippen LogP contribution in [0.5, 0.6) is 0 Å². The molecule has 1 atom stereocenters. The van der Waals surface area contributed by atoms with Gasteiger partial charge >= 0.3 is 0 Å². The summed E-state index contributed by atoms with van der Waals surface area (Å²) in [6, 6.07) is 2.16. The van der Waals surface area contributed by atoms with Crippen LogP contribution in [0.1, 0.15) is 25.6 Å². The number of H-pyrrole nitrogens is 1. The van der Waals surface area contributed by atoms with Gasteiger partial charge < -0.3 is 4.98 Å². The van der Waals surface area contributed by atoms with E-state index in [2.05, 4.69) is 16.9 Å². The summed E-state index contributed by atoms with van der Waals surface area (Å²) in [4.78, 5) is 7.34. The van der Waals surface area contributed by atoms with E-state index in [9.17, 15) is 8.78 Å². The number of fused-ring (bicyclic) bond motifs is 1. The Hall–Kier alpha value is -1.10. The normalized spacial score (nSPS) is 24.6. The summed E-state index contributed by atoms with van der Waals surface area (Å²) in [6.07, 6.45) is 2.15. The van der Waals surface area contributed by atoms with Crippen molar-refractivity contribution in [3.05, 3.63) is 29.6 Å². The number of nitrogens with zero attached hydrogens (tertiary/aromatic N) is 1. The molecule has 1 N–H and O–H groups in total. The monoisotopic (exact) mass is 254 g/mol. The van der Waals surface area contributed by atoms with Gasteiger partial charge in [-0.05, 0) is 31.6 Å². The highest BCUT2D eigenvalue weighted by Gasteiger charge is 2.34. The minimum Gasteiger partial charge on any atom is -0.341 e. The standard InChI is InChI=1S/C12H12F2N2S/c1-12(3-2-4-17-12)11-15-9-6-7(13)5-8(14)10(9)16-11/h5-6H,2-4H2,1H3,(H,15,16). The van der Waals surface area contributed by atoms with Crippen molar-refractivity contribution in [3.8, 4) is 0 Å². The molecule has 17 heavy (non-hydrogen) atoms. The van der Waals surface area contributed by atoms with Crippen LogP contribution < -0.4 is 0 Å². The molecule has 2 aromatic rings. The molecule has 1 aromatic heterocycles. The largest absolute Gasteiger partial charge is 0.341 e. The lowest BCUT2D eigenvalue weighted by molar-refractivity contribution is 0.590. The second-order valence-corrected chi connectivity index (χ2v) is 6.15. The lowest BCUT2D eigenvalue weighted by Crippen LogP contribution is -2.14. The molecule has 0 aliphatic carbocycles. The molecule has 0 amide bonds. The minimum atomic E-state index is -0.603. The second-order valence-electron chi connectivity index (χ2n) is 4.55. The third-order valence-electron chi connectivity index (χ3n) is 3.22. The number of rotatable bonds is 1. The van der Waals surface area contributed by atoms with Crippen LogP contribution in [0.15, 0.2) is 12.1 Å². The van der Waals surface area contributed by atoms with E-state index in [1.165, 1.54) is 6.07 Å². The zero-order valence-electron chi connectivity index (χ0n) is 9.39. The Balaban J connectivity index is 2.16. The third-order valence-corrected chi connectivity index (χ3v) is 4.75. The van der Waals surface area contributed by atoms with Crippen LogP contribution in [0.4, 0.5) is 8.78 Å². The molecule has 1 saturated heterocycles. The van der Waals surface area contributed by atoms with Crippen molar-refractivity contribution in [2.75, 3.05) is 5.75 Å². The van der Waals surface area contributed by atoms with E-state index in [-0.39, 0.29) is 10.3 Å². The summed E-state index contributed by atoms with van der Waals surface area (Å²) in [6.45, 7) is 2.09. The Kier molecular flexibility index (Phi) is 2.40. The number of aromatic nitrogens is 2. The lowest BCUT2D eigenvalue weighted by atomic mass is 10.1. The average Bonchev–Trinajstić information content (AvgIpc) is 2.84. The first-order valence-corrected chi connectivity index (χ1v) is 6.56. The van der Waals surface area contributed by atoms with Crippen molar-refractivity contribution >= 4 is 22.8 Å². The predicted octanol–water partition coefficient (Wildman–Crippen LogP) is 3.58. The molecule has 90 valence electrons. The molecule has 1 aromatic carbocycles. The van der Waals surface area contributed by atoms with E-state index in [4.69, 9.17) is 0 Å². The van der Waals surface area contributed by atoms with Gasteiger partial charge in [-0.15, -0.1) is 11.8 Å². The van der Waals surface area contributed by atoms with Crippen LogP contribution >= 0.6 is 11.8 Å². The maximum absolute atomic E-state index is 13.5. The van der Waals surface area contributed by atoms with E-state index >= 15 is 0 Å². The fraction of sp³-hybridized carbons (Fsp3) is 0.417. The van der Waals surface area contributed by atoms with E-state index < -0.39 is 11.6 Å². The number of aromatic amines is 1. The van der Waals surface area contributed by atoms with Crippen molar-refractivity contribution in [1.82, 2.24) is 9.97 Å². The first-order chi connectivity index (χ1) is 8.08. The topological polar surface area (TPSA) is 28.7 Å². The first-order valence-electron chi connectivity index (χ1n) is 5.58. The smallest absolute Gasteiger partial charge is 0.153 e. The highest BCUT2D eigenvalue weighted by Crippen LogP contribution is 2.45. The minimum absolute atomic E-state index is 0.0953. The van der Waals surface area contributed by atoms with Crippen LogP contribution in [0, 0.1) is 11.6 Å². The molecular formula is C12H12F2N2S. The molecule has 0 spiro atoms. The molecule has 0 saturated carbocycles. The van der Waals surface area contributed by atoms with Gasteiger partial charge in [-0.2, -0.15) is 0 Å². The maximum atomic E-state index is 13.5. The highest BCUT2D eigenvalue weighted by atomic mass is 32.2. The van der Waals surface area contributed by atoms with Crippen LogP contribution in [-0.4, -0.2) is 15.7 Å². The van der Waals surface area contributed by atoms with Crippen molar-refractivity contribution in [2.45, 2.75) is 24.5 Å². The summed E-state index contributed by atoms with van der Waals surface area (Å²) in [5, 5.41) is 0. The number of thioether (sulfide) groups is 1. The molecular weight excluding hydrogens is 242 g/mol. The van der Waals surface area contributed by atoms with E-state index in [0.717, 1.165) is 30.5 Å². The third kappa shape index (κ3) is 1.73. The summed E-state index contributed by atoms with van der Waals surface area (Å²) in [5.41, 5.74) is 0.668. The van der Waals surface area contributed by atoms with Crippen molar-refractivity contribution < 1.29 is 8.78 Å². The lowest BCUT2D eigenvalue weighted by Gasteiger charge is -2.18. The van der Waals surface area contributed by atoms with E-state index in [1.54, 1.807) is 0 Å². The summed E-state index contributed by atoms with van der Waals surface area (Å²) in [7, 11) is 0. The fourth-order valence-corrected chi connectivity index (χ4v) is 3.52. The number of nitrogens with one attached hydrogen (secondary N) is 1. The zero-order chi connectivity index (χ0) is 12.0. The van der Waals surface area contributed by atoms with Crippen molar-refractivity contribution in [2.24, 2.45) is 0 Å². The molecule has 2 heterocycles. The average molecular weight is 254 g/mol. The van der Waals surface area contributed by atoms with Gasteiger partial charge in [0.25, 0.3) is 0 Å². The number of imidazole rings is 1. The molecule has 0 bridgehead atoms. The summed E-state index contributed by atoms with van der Waals surface area (Å²) in [5.74, 6) is 0.660. The van der Waals surface area contributed by atoms with Crippen LogP contribution in [0.3, 0.4) is 0 Å². The van der Waals surface area contributed by atoms with Crippen LogP contribution in [-0.2, 0) is 4.75 Å². The van der Waals surface area contributed by atoms with Gasteiger partial charge in [0.05, 0.1) is 10.3 Å². The number of hydrogen-bond donors (Lipinski definition) is 1. The van der Waals surface area contributed by atoms with Gasteiger partial charge in [0.15, 0.2) is 5.82 Å². The van der Waals surface area contributed by atoms with Gasteiger partial charge in [-0.1, -0.05) is 0 Å². The maximum Gasteiger partial charge on any atom is 0.153 e. The van der Waals surface area contributed by atoms with Gasteiger partial charge in [-0.25, -0.2) is 13.8 Å².